The molecule has 0 heterocycles. The molecule has 0 bridgehead atoms. The maximum Gasteiger partial charge on any atom is 0.0540 e. The first-order valence-corrected chi connectivity index (χ1v) is 17.1. The van der Waals surface area contributed by atoms with E-state index in [1.54, 1.807) is 0 Å². The van der Waals surface area contributed by atoms with Gasteiger partial charge < -0.3 is 9.80 Å². The van der Waals surface area contributed by atoms with E-state index < -0.39 is 0 Å². The van der Waals surface area contributed by atoms with Gasteiger partial charge >= 0.3 is 0 Å². The largest absolute Gasteiger partial charge is 0.310 e. The van der Waals surface area contributed by atoms with Gasteiger partial charge in [0.15, 0.2) is 0 Å². The second kappa shape index (κ2) is 12.2. The summed E-state index contributed by atoms with van der Waals surface area (Å²) in [6.07, 6.45) is 0. The molecular formula is C46H40N2. The number of benzene rings is 8. The van der Waals surface area contributed by atoms with Gasteiger partial charge in [-0.25, -0.2) is 0 Å². The SMILES string of the molecule is CC(C)c1cc2c(N(c3ccccc3)c3ccccc3)ccc3c(C(C)C)cc4c(N(c5ccccc5)c5ccccc5)ccc1c4c32. The van der Waals surface area contributed by atoms with Crippen molar-refractivity contribution in [3.8, 4) is 0 Å². The van der Waals surface area contributed by atoms with E-state index in [0.29, 0.717) is 11.8 Å². The molecule has 0 radical (unpaired) electrons. The minimum atomic E-state index is 0.348. The third kappa shape index (κ3) is 4.96. The molecule has 0 spiro atoms. The fourth-order valence-electron chi connectivity index (χ4n) is 7.50. The van der Waals surface area contributed by atoms with Crippen molar-refractivity contribution in [3.63, 3.8) is 0 Å². The molecule has 0 aliphatic carbocycles. The summed E-state index contributed by atoms with van der Waals surface area (Å²) in [7, 11) is 0. The molecule has 234 valence electrons. The molecule has 0 unspecified atom stereocenters. The molecule has 0 saturated carbocycles. The average Bonchev–Trinajstić information content (AvgIpc) is 3.13. The number of anilines is 6. The van der Waals surface area contributed by atoms with Crippen molar-refractivity contribution in [2.24, 2.45) is 0 Å². The number of nitrogens with zero attached hydrogens (tertiary/aromatic N) is 2. The molecule has 0 amide bonds. The number of para-hydroxylation sites is 4. The second-order valence-electron chi connectivity index (χ2n) is 13.4. The molecular weight excluding hydrogens is 581 g/mol. The molecule has 48 heavy (non-hydrogen) atoms. The highest BCUT2D eigenvalue weighted by Crippen LogP contribution is 2.50. The first-order chi connectivity index (χ1) is 23.5. The van der Waals surface area contributed by atoms with Crippen LogP contribution in [0.15, 0.2) is 158 Å². The van der Waals surface area contributed by atoms with Crippen molar-refractivity contribution in [1.29, 1.82) is 0 Å². The van der Waals surface area contributed by atoms with Crippen molar-refractivity contribution in [2.45, 2.75) is 39.5 Å². The van der Waals surface area contributed by atoms with Crippen LogP contribution in [0.2, 0.25) is 0 Å². The molecule has 2 nitrogen and oxygen atoms in total. The predicted octanol–water partition coefficient (Wildman–Crippen LogP) is 13.8. The summed E-state index contributed by atoms with van der Waals surface area (Å²) in [6.45, 7) is 9.30. The maximum absolute atomic E-state index is 2.49. The minimum absolute atomic E-state index is 0.348. The van der Waals surface area contributed by atoms with Gasteiger partial charge in [-0.3, -0.25) is 0 Å². The standard InChI is InChI=1S/C46H40N2/c1-31(2)39-29-41-43(47(33-17-9-5-10-18-33)34-19-11-6-12-20-34)28-26-38-40(32(3)4)30-42-44(27-25-37(39)45(42)46(38)41)48(35-21-13-7-14-22-35)36-23-15-8-16-24-36/h5-32H,1-4H3. The van der Waals surface area contributed by atoms with Crippen LogP contribution < -0.4 is 9.80 Å². The van der Waals surface area contributed by atoms with Crippen LogP contribution in [0.4, 0.5) is 34.1 Å². The van der Waals surface area contributed by atoms with Crippen molar-refractivity contribution in [1.82, 2.24) is 0 Å². The highest BCUT2D eigenvalue weighted by molar-refractivity contribution is 6.29. The first-order valence-electron chi connectivity index (χ1n) is 17.1. The van der Waals surface area contributed by atoms with Crippen molar-refractivity contribution < 1.29 is 0 Å². The van der Waals surface area contributed by atoms with Crippen LogP contribution >= 0.6 is 0 Å². The van der Waals surface area contributed by atoms with Crippen LogP contribution in [0.25, 0.3) is 32.3 Å². The molecule has 8 rings (SSSR count). The summed E-state index contributed by atoms with van der Waals surface area (Å²) < 4.78 is 0. The molecule has 8 aromatic rings. The normalized spacial score (nSPS) is 11.7. The summed E-state index contributed by atoms with van der Waals surface area (Å²) in [4.78, 5) is 4.85. The zero-order valence-electron chi connectivity index (χ0n) is 28.1. The Morgan fingerprint density at radius 2 is 0.625 bits per heavy atom. The van der Waals surface area contributed by atoms with E-state index in [0.717, 1.165) is 22.7 Å². The van der Waals surface area contributed by atoms with Crippen molar-refractivity contribution in [3.05, 3.63) is 169 Å². The summed E-state index contributed by atoms with van der Waals surface area (Å²) in [5.74, 6) is 0.697. The Kier molecular flexibility index (Phi) is 7.57. The van der Waals surface area contributed by atoms with Gasteiger partial charge in [-0.15, -0.1) is 0 Å². The van der Waals surface area contributed by atoms with E-state index in [9.17, 15) is 0 Å². The van der Waals surface area contributed by atoms with E-state index in [2.05, 4.69) is 195 Å². The zero-order chi connectivity index (χ0) is 32.8. The smallest absolute Gasteiger partial charge is 0.0540 e. The van der Waals surface area contributed by atoms with E-state index >= 15 is 0 Å². The van der Waals surface area contributed by atoms with E-state index in [1.807, 2.05) is 0 Å². The summed E-state index contributed by atoms with van der Waals surface area (Å²) >= 11 is 0. The maximum atomic E-state index is 2.49. The van der Waals surface area contributed by atoms with Gasteiger partial charge in [0.05, 0.1) is 11.4 Å². The molecule has 2 heteroatoms. The summed E-state index contributed by atoms with van der Waals surface area (Å²) in [5, 5.41) is 7.92. The molecule has 0 atom stereocenters. The van der Waals surface area contributed by atoms with Gasteiger partial charge in [0.25, 0.3) is 0 Å². The Morgan fingerprint density at radius 3 is 0.896 bits per heavy atom. The topological polar surface area (TPSA) is 6.48 Å². The highest BCUT2D eigenvalue weighted by atomic mass is 15.1. The van der Waals surface area contributed by atoms with Crippen LogP contribution in [0.3, 0.4) is 0 Å². The Balaban J connectivity index is 1.53. The lowest BCUT2D eigenvalue weighted by Gasteiger charge is -2.31. The number of hydrogen-bond donors (Lipinski definition) is 0. The molecule has 8 aromatic carbocycles. The van der Waals surface area contributed by atoms with Gasteiger partial charge in [0.2, 0.25) is 0 Å². The lowest BCUT2D eigenvalue weighted by molar-refractivity contribution is 0.876. The Labute approximate surface area is 283 Å². The fourth-order valence-corrected chi connectivity index (χ4v) is 7.50. The Morgan fingerprint density at radius 1 is 0.333 bits per heavy atom. The Hall–Kier alpha value is -5.60. The van der Waals surface area contributed by atoms with Crippen LogP contribution in [0.5, 0.6) is 0 Å². The van der Waals surface area contributed by atoms with Gasteiger partial charge in [0.1, 0.15) is 0 Å². The second-order valence-corrected chi connectivity index (χ2v) is 13.4. The zero-order valence-corrected chi connectivity index (χ0v) is 28.1. The van der Waals surface area contributed by atoms with E-state index in [4.69, 9.17) is 0 Å². The van der Waals surface area contributed by atoms with E-state index in [1.165, 1.54) is 54.8 Å². The molecule has 0 aromatic heterocycles. The van der Waals surface area contributed by atoms with Crippen molar-refractivity contribution >= 4 is 66.4 Å². The van der Waals surface area contributed by atoms with Crippen molar-refractivity contribution in [2.75, 3.05) is 9.80 Å². The van der Waals surface area contributed by atoms with Crippen LogP contribution in [0.1, 0.15) is 50.7 Å². The predicted molar refractivity (Wildman–Crippen MR) is 208 cm³/mol. The number of hydrogen-bond acceptors (Lipinski definition) is 2. The monoisotopic (exact) mass is 620 g/mol. The minimum Gasteiger partial charge on any atom is -0.310 e. The summed E-state index contributed by atoms with van der Waals surface area (Å²) in [6, 6.07) is 57.5. The highest BCUT2D eigenvalue weighted by Gasteiger charge is 2.25. The quantitative estimate of drug-likeness (QED) is 0.156. The van der Waals surface area contributed by atoms with Gasteiger partial charge in [0, 0.05) is 33.5 Å². The molecule has 0 aliphatic heterocycles. The van der Waals surface area contributed by atoms with Crippen LogP contribution in [-0.4, -0.2) is 0 Å². The van der Waals surface area contributed by atoms with Gasteiger partial charge in [-0.05, 0) is 117 Å². The van der Waals surface area contributed by atoms with Crippen LogP contribution in [0, 0.1) is 0 Å². The Bertz CT molecular complexity index is 2080. The summed E-state index contributed by atoms with van der Waals surface area (Å²) in [5.41, 5.74) is 9.72. The van der Waals surface area contributed by atoms with Gasteiger partial charge in [-0.1, -0.05) is 113 Å². The fraction of sp³-hybridized carbons (Fsp3) is 0.130. The molecule has 0 aliphatic rings. The molecule has 0 fully saturated rings. The molecule has 0 saturated heterocycles. The lowest BCUT2D eigenvalue weighted by atomic mass is 9.83. The number of rotatable bonds is 8. The third-order valence-corrected chi connectivity index (χ3v) is 9.70. The van der Waals surface area contributed by atoms with E-state index in [-0.39, 0.29) is 0 Å². The lowest BCUT2D eigenvalue weighted by Crippen LogP contribution is -2.12. The van der Waals surface area contributed by atoms with Crippen LogP contribution in [-0.2, 0) is 0 Å². The molecule has 0 N–H and O–H groups in total. The third-order valence-electron chi connectivity index (χ3n) is 9.70. The average molecular weight is 621 g/mol. The van der Waals surface area contributed by atoms with Gasteiger partial charge in [-0.2, -0.15) is 0 Å². The first kappa shape index (κ1) is 29.8.